The SMILES string of the molecule is C/C=C/c1ccc(OCC(=O)OCc2nnc(-c3ccccc3)o2)c(OC)c1. The molecule has 3 rings (SSSR count). The number of esters is 1. The second-order valence-electron chi connectivity index (χ2n) is 5.73. The van der Waals surface area contributed by atoms with Gasteiger partial charge in [0.05, 0.1) is 7.11 Å². The lowest BCUT2D eigenvalue weighted by atomic mass is 10.2. The molecule has 0 saturated heterocycles. The van der Waals surface area contributed by atoms with Gasteiger partial charge in [-0.05, 0) is 36.8 Å². The summed E-state index contributed by atoms with van der Waals surface area (Å²) >= 11 is 0. The van der Waals surface area contributed by atoms with Crippen LogP contribution in [0.4, 0.5) is 0 Å². The van der Waals surface area contributed by atoms with Crippen LogP contribution in [0.5, 0.6) is 11.5 Å². The van der Waals surface area contributed by atoms with Gasteiger partial charge in [-0.15, -0.1) is 10.2 Å². The molecular formula is C21H20N2O5. The molecule has 3 aromatic rings. The molecule has 1 heterocycles. The van der Waals surface area contributed by atoms with E-state index in [4.69, 9.17) is 18.6 Å². The first-order valence-electron chi connectivity index (χ1n) is 8.66. The normalized spacial score (nSPS) is 10.8. The number of rotatable bonds is 8. The van der Waals surface area contributed by atoms with E-state index in [1.807, 2.05) is 61.5 Å². The fourth-order valence-electron chi connectivity index (χ4n) is 2.43. The van der Waals surface area contributed by atoms with Crippen molar-refractivity contribution in [1.29, 1.82) is 0 Å². The Labute approximate surface area is 162 Å². The summed E-state index contributed by atoms with van der Waals surface area (Å²) in [6, 6.07) is 14.8. The van der Waals surface area contributed by atoms with Crippen molar-refractivity contribution >= 4 is 12.0 Å². The Hall–Kier alpha value is -3.61. The Balaban J connectivity index is 1.52. The molecule has 0 aliphatic heterocycles. The van der Waals surface area contributed by atoms with Crippen LogP contribution in [0.25, 0.3) is 17.5 Å². The number of hydrogen-bond donors (Lipinski definition) is 0. The summed E-state index contributed by atoms with van der Waals surface area (Å²) in [6.45, 7) is 1.54. The van der Waals surface area contributed by atoms with Crippen molar-refractivity contribution in [3.63, 3.8) is 0 Å². The van der Waals surface area contributed by atoms with Gasteiger partial charge >= 0.3 is 5.97 Å². The largest absolute Gasteiger partial charge is 0.493 e. The zero-order valence-electron chi connectivity index (χ0n) is 15.6. The van der Waals surface area contributed by atoms with Gasteiger partial charge in [0, 0.05) is 5.56 Å². The third kappa shape index (κ3) is 4.97. The van der Waals surface area contributed by atoms with Crippen LogP contribution in [0.3, 0.4) is 0 Å². The van der Waals surface area contributed by atoms with Crippen molar-refractivity contribution in [2.24, 2.45) is 0 Å². The molecule has 0 aliphatic carbocycles. The molecule has 0 aliphatic rings. The fraction of sp³-hybridized carbons (Fsp3) is 0.190. The zero-order valence-corrected chi connectivity index (χ0v) is 15.6. The van der Waals surface area contributed by atoms with E-state index in [0.717, 1.165) is 11.1 Å². The second-order valence-corrected chi connectivity index (χ2v) is 5.73. The third-order valence-corrected chi connectivity index (χ3v) is 3.74. The van der Waals surface area contributed by atoms with E-state index in [0.29, 0.717) is 17.4 Å². The Morgan fingerprint density at radius 1 is 1.11 bits per heavy atom. The Kier molecular flexibility index (Phi) is 6.41. The van der Waals surface area contributed by atoms with Crippen LogP contribution < -0.4 is 9.47 Å². The molecule has 0 spiro atoms. The van der Waals surface area contributed by atoms with Crippen LogP contribution >= 0.6 is 0 Å². The number of methoxy groups -OCH3 is 1. The number of carbonyl (C=O) groups excluding carboxylic acids is 1. The van der Waals surface area contributed by atoms with Gasteiger partial charge in [0.15, 0.2) is 24.7 Å². The second kappa shape index (κ2) is 9.36. The lowest BCUT2D eigenvalue weighted by molar-refractivity contribution is -0.148. The van der Waals surface area contributed by atoms with Crippen LogP contribution in [-0.4, -0.2) is 29.9 Å². The number of ether oxygens (including phenoxy) is 3. The van der Waals surface area contributed by atoms with Gasteiger partial charge in [-0.1, -0.05) is 36.4 Å². The van der Waals surface area contributed by atoms with E-state index < -0.39 is 5.97 Å². The van der Waals surface area contributed by atoms with Crippen LogP contribution in [0.15, 0.2) is 59.0 Å². The quantitative estimate of drug-likeness (QED) is 0.548. The maximum atomic E-state index is 11.9. The molecule has 0 atom stereocenters. The first-order chi connectivity index (χ1) is 13.7. The van der Waals surface area contributed by atoms with E-state index in [9.17, 15) is 4.79 Å². The molecule has 7 nitrogen and oxygen atoms in total. The lowest BCUT2D eigenvalue weighted by Crippen LogP contribution is -2.15. The topological polar surface area (TPSA) is 83.7 Å². The van der Waals surface area contributed by atoms with E-state index in [1.165, 1.54) is 0 Å². The molecule has 7 heteroatoms. The van der Waals surface area contributed by atoms with Gasteiger partial charge in [-0.25, -0.2) is 4.79 Å². The smallest absolute Gasteiger partial charge is 0.344 e. The van der Waals surface area contributed by atoms with Gasteiger partial charge in [0.25, 0.3) is 5.89 Å². The Morgan fingerprint density at radius 3 is 2.68 bits per heavy atom. The first kappa shape index (κ1) is 19.2. The highest BCUT2D eigenvalue weighted by Gasteiger charge is 2.12. The predicted octanol–water partition coefficient (Wildman–Crippen LogP) is 3.90. The van der Waals surface area contributed by atoms with Gasteiger partial charge in [-0.3, -0.25) is 0 Å². The van der Waals surface area contributed by atoms with Crippen LogP contribution in [0.1, 0.15) is 18.4 Å². The number of allylic oxidation sites excluding steroid dienone is 1. The molecule has 2 aromatic carbocycles. The van der Waals surface area contributed by atoms with E-state index in [2.05, 4.69) is 10.2 Å². The summed E-state index contributed by atoms with van der Waals surface area (Å²) in [5.74, 6) is 1.01. The maximum absolute atomic E-state index is 11.9. The summed E-state index contributed by atoms with van der Waals surface area (Å²) in [5.41, 5.74) is 1.77. The molecule has 144 valence electrons. The minimum Gasteiger partial charge on any atom is -0.493 e. The van der Waals surface area contributed by atoms with Crippen LogP contribution in [-0.2, 0) is 16.1 Å². The molecule has 0 N–H and O–H groups in total. The first-order valence-corrected chi connectivity index (χ1v) is 8.66. The van der Waals surface area contributed by atoms with E-state index >= 15 is 0 Å². The van der Waals surface area contributed by atoms with Gasteiger partial charge in [0.2, 0.25) is 5.89 Å². The Morgan fingerprint density at radius 2 is 1.93 bits per heavy atom. The molecule has 0 radical (unpaired) electrons. The minimum atomic E-state index is -0.556. The van der Waals surface area contributed by atoms with Crippen molar-refractivity contribution in [2.75, 3.05) is 13.7 Å². The third-order valence-electron chi connectivity index (χ3n) is 3.74. The van der Waals surface area contributed by atoms with Gasteiger partial charge < -0.3 is 18.6 Å². The number of nitrogens with zero attached hydrogens (tertiary/aromatic N) is 2. The standard InChI is InChI=1S/C21H20N2O5/c1-3-7-15-10-11-17(18(12-15)25-2)26-14-20(24)27-13-19-22-23-21(28-19)16-8-5-4-6-9-16/h3-12H,13-14H2,1-2H3/b7-3+. The van der Waals surface area contributed by atoms with Crippen LogP contribution in [0.2, 0.25) is 0 Å². The molecule has 28 heavy (non-hydrogen) atoms. The highest BCUT2D eigenvalue weighted by molar-refractivity contribution is 5.71. The molecule has 0 fully saturated rings. The highest BCUT2D eigenvalue weighted by atomic mass is 16.6. The summed E-state index contributed by atoms with van der Waals surface area (Å²) in [4.78, 5) is 11.9. The molecule has 1 aromatic heterocycles. The van der Waals surface area contributed by atoms with Crippen molar-refractivity contribution in [1.82, 2.24) is 10.2 Å². The van der Waals surface area contributed by atoms with Crippen molar-refractivity contribution < 1.29 is 23.4 Å². The van der Waals surface area contributed by atoms with E-state index in [-0.39, 0.29) is 19.1 Å². The van der Waals surface area contributed by atoms with E-state index in [1.54, 1.807) is 13.2 Å². The van der Waals surface area contributed by atoms with Crippen molar-refractivity contribution in [3.8, 4) is 23.0 Å². The van der Waals surface area contributed by atoms with Crippen molar-refractivity contribution in [3.05, 3.63) is 66.1 Å². The monoisotopic (exact) mass is 380 g/mol. The summed E-state index contributed by atoms with van der Waals surface area (Å²) < 4.78 is 21.4. The fourth-order valence-corrected chi connectivity index (χ4v) is 2.43. The average molecular weight is 380 g/mol. The predicted molar refractivity (Wildman–Crippen MR) is 103 cm³/mol. The summed E-state index contributed by atoms with van der Waals surface area (Å²) in [7, 11) is 1.54. The highest BCUT2D eigenvalue weighted by Crippen LogP contribution is 2.28. The number of carbonyl (C=O) groups is 1. The van der Waals surface area contributed by atoms with Crippen molar-refractivity contribution in [2.45, 2.75) is 13.5 Å². The van der Waals surface area contributed by atoms with Crippen LogP contribution in [0, 0.1) is 0 Å². The average Bonchev–Trinajstić information content (AvgIpc) is 3.21. The molecule has 0 bridgehead atoms. The maximum Gasteiger partial charge on any atom is 0.344 e. The Bertz CT molecular complexity index is 950. The zero-order chi connectivity index (χ0) is 19.8. The lowest BCUT2D eigenvalue weighted by Gasteiger charge is -2.10. The van der Waals surface area contributed by atoms with Gasteiger partial charge in [0.1, 0.15) is 0 Å². The summed E-state index contributed by atoms with van der Waals surface area (Å²) in [5, 5.41) is 7.82. The molecule has 0 amide bonds. The number of aromatic nitrogens is 2. The molecular weight excluding hydrogens is 360 g/mol. The molecule has 0 saturated carbocycles. The summed E-state index contributed by atoms with van der Waals surface area (Å²) in [6.07, 6.45) is 3.86. The number of benzene rings is 2. The van der Waals surface area contributed by atoms with Gasteiger partial charge in [-0.2, -0.15) is 0 Å². The minimum absolute atomic E-state index is 0.126. The molecule has 0 unspecified atom stereocenters. The number of hydrogen-bond acceptors (Lipinski definition) is 7.